The molecule has 0 unspecified atom stereocenters. The van der Waals surface area contributed by atoms with Crippen LogP contribution < -0.4 is 21.7 Å². The van der Waals surface area contributed by atoms with Crippen LogP contribution >= 0.6 is 0 Å². The summed E-state index contributed by atoms with van der Waals surface area (Å²) in [6.07, 6.45) is -1.17. The average molecular weight is 405 g/mol. The van der Waals surface area contributed by atoms with Crippen LogP contribution in [0.5, 0.6) is 0 Å². The van der Waals surface area contributed by atoms with Crippen LogP contribution in [0.2, 0.25) is 0 Å². The summed E-state index contributed by atoms with van der Waals surface area (Å²) in [5.74, 6) is -1.13. The molecule has 0 aliphatic carbocycles. The van der Waals surface area contributed by atoms with Crippen LogP contribution in [0.3, 0.4) is 0 Å². The van der Waals surface area contributed by atoms with Gasteiger partial charge in [0, 0.05) is 38.8 Å². The van der Waals surface area contributed by atoms with Gasteiger partial charge in [-0.1, -0.05) is 12.1 Å². The number of hydrogen-bond donors (Lipinski definition) is 5. The number of nitrogens with two attached hydrogens (primary N) is 2. The number of aliphatic hydroxyl groups is 2. The van der Waals surface area contributed by atoms with Crippen molar-refractivity contribution in [2.24, 2.45) is 11.7 Å². The molecule has 9 nitrogen and oxygen atoms in total. The van der Waals surface area contributed by atoms with E-state index in [4.69, 9.17) is 11.5 Å². The van der Waals surface area contributed by atoms with Crippen molar-refractivity contribution in [3.8, 4) is 0 Å². The normalized spacial score (nSPS) is 22.4. The van der Waals surface area contributed by atoms with Crippen molar-refractivity contribution >= 4 is 23.2 Å². The first-order chi connectivity index (χ1) is 13.9. The predicted molar refractivity (Wildman–Crippen MR) is 110 cm³/mol. The Labute approximate surface area is 170 Å². The summed E-state index contributed by atoms with van der Waals surface area (Å²) >= 11 is 0. The molecule has 0 aromatic heterocycles. The third kappa shape index (κ3) is 5.17. The number of amides is 2. The lowest BCUT2D eigenvalue weighted by Crippen LogP contribution is -2.51. The molecule has 0 spiro atoms. The maximum atomic E-state index is 12.2. The topological polar surface area (TPSA) is 145 Å². The molecule has 1 aromatic rings. The van der Waals surface area contributed by atoms with Crippen LogP contribution in [0.4, 0.5) is 11.4 Å². The lowest BCUT2D eigenvalue weighted by atomic mass is 9.96. The number of piperidine rings is 1. The molecule has 3 atom stereocenters. The number of nitrogens with one attached hydrogen (secondary N) is 1. The summed E-state index contributed by atoms with van der Waals surface area (Å²) in [6, 6.07) is 7.62. The van der Waals surface area contributed by atoms with Gasteiger partial charge in [0.25, 0.3) is 11.8 Å². The highest BCUT2D eigenvalue weighted by Crippen LogP contribution is 2.27. The lowest BCUT2D eigenvalue weighted by Gasteiger charge is -2.34. The average Bonchev–Trinajstić information content (AvgIpc) is 3.17. The van der Waals surface area contributed by atoms with E-state index in [9.17, 15) is 19.8 Å². The molecule has 2 fully saturated rings. The van der Waals surface area contributed by atoms with Crippen molar-refractivity contribution in [2.75, 3.05) is 43.4 Å². The molecular formula is C20H31N5O4. The first-order valence-electron chi connectivity index (χ1n) is 10.1. The minimum atomic E-state index is -1.79. The predicted octanol–water partition coefficient (Wildman–Crippen LogP) is -1.12. The first-order valence-corrected chi connectivity index (χ1v) is 10.1. The van der Waals surface area contributed by atoms with Crippen LogP contribution in [0.1, 0.15) is 19.3 Å². The van der Waals surface area contributed by atoms with Crippen LogP contribution in [0.15, 0.2) is 24.3 Å². The van der Waals surface area contributed by atoms with E-state index in [0.29, 0.717) is 26.1 Å². The monoisotopic (exact) mass is 405 g/mol. The van der Waals surface area contributed by atoms with E-state index in [0.717, 1.165) is 37.3 Å². The lowest BCUT2D eigenvalue weighted by molar-refractivity contribution is -0.152. The van der Waals surface area contributed by atoms with Gasteiger partial charge < -0.3 is 36.8 Å². The summed E-state index contributed by atoms with van der Waals surface area (Å²) in [6.45, 7) is 2.80. The molecule has 9 heteroatoms. The third-order valence-electron chi connectivity index (χ3n) is 5.81. The summed E-state index contributed by atoms with van der Waals surface area (Å²) in [5.41, 5.74) is 13.6. The molecule has 1 aromatic carbocycles. The van der Waals surface area contributed by atoms with Crippen molar-refractivity contribution in [3.63, 3.8) is 0 Å². The highest BCUT2D eigenvalue weighted by molar-refractivity contribution is 5.90. The maximum Gasteiger partial charge on any atom is 0.254 e. The fourth-order valence-electron chi connectivity index (χ4n) is 3.96. The van der Waals surface area contributed by atoms with Crippen LogP contribution in [-0.2, 0) is 9.59 Å². The van der Waals surface area contributed by atoms with Gasteiger partial charge in [0.1, 0.15) is 0 Å². The zero-order valence-electron chi connectivity index (χ0n) is 16.5. The van der Waals surface area contributed by atoms with E-state index in [2.05, 4.69) is 10.2 Å². The number of anilines is 2. The number of hydrogen-bond acceptors (Lipinski definition) is 7. The molecular weight excluding hydrogens is 374 g/mol. The van der Waals surface area contributed by atoms with Crippen LogP contribution in [0.25, 0.3) is 0 Å². The standard InChI is InChI=1S/C20H31N5O4/c21-14-7-10-25(12-14)20(29)18(27)17(26)19(28)23-11-13-5-8-24(9-6-13)16-4-2-1-3-15(16)22/h1-4,13-14,17-18,26-27H,5-12,21-22H2,(H,23,28)/t14-,17+,18+/m0/s1. The Morgan fingerprint density at radius 3 is 2.41 bits per heavy atom. The van der Waals surface area contributed by atoms with Gasteiger partial charge >= 0.3 is 0 Å². The van der Waals surface area contributed by atoms with E-state index in [-0.39, 0.29) is 12.0 Å². The van der Waals surface area contributed by atoms with Crippen molar-refractivity contribution in [1.29, 1.82) is 0 Å². The molecule has 2 saturated heterocycles. The zero-order chi connectivity index (χ0) is 21.0. The smallest absolute Gasteiger partial charge is 0.254 e. The summed E-state index contributed by atoms with van der Waals surface area (Å²) in [5, 5.41) is 22.8. The first kappa shape index (κ1) is 21.4. The molecule has 2 heterocycles. The van der Waals surface area contributed by atoms with Crippen LogP contribution in [-0.4, -0.2) is 77.9 Å². The van der Waals surface area contributed by atoms with Crippen molar-refractivity contribution in [1.82, 2.24) is 10.2 Å². The van der Waals surface area contributed by atoms with Gasteiger partial charge in [-0.05, 0) is 37.3 Å². The second-order valence-electron chi connectivity index (χ2n) is 7.96. The number of nitrogens with zero attached hydrogens (tertiary/aromatic N) is 2. The maximum absolute atomic E-state index is 12.2. The highest BCUT2D eigenvalue weighted by atomic mass is 16.3. The van der Waals surface area contributed by atoms with Gasteiger partial charge in [-0.25, -0.2) is 0 Å². The van der Waals surface area contributed by atoms with Crippen molar-refractivity contribution < 1.29 is 19.8 Å². The second kappa shape index (κ2) is 9.43. The molecule has 2 amide bonds. The number of benzene rings is 1. The molecule has 0 bridgehead atoms. The number of aliphatic hydroxyl groups excluding tert-OH is 2. The number of likely N-dealkylation sites (tertiary alicyclic amines) is 1. The molecule has 2 aliphatic rings. The molecule has 7 N–H and O–H groups in total. The van der Waals surface area contributed by atoms with Gasteiger partial charge in [0.05, 0.1) is 11.4 Å². The summed E-state index contributed by atoms with van der Waals surface area (Å²) in [7, 11) is 0. The number of para-hydroxylation sites is 2. The molecule has 0 radical (unpaired) electrons. The summed E-state index contributed by atoms with van der Waals surface area (Å²) in [4.78, 5) is 28.0. The van der Waals surface area contributed by atoms with E-state index >= 15 is 0 Å². The minimum absolute atomic E-state index is 0.130. The number of carbonyl (C=O) groups excluding carboxylic acids is 2. The summed E-state index contributed by atoms with van der Waals surface area (Å²) < 4.78 is 0. The van der Waals surface area contributed by atoms with E-state index in [1.807, 2.05) is 24.3 Å². The minimum Gasteiger partial charge on any atom is -0.397 e. The van der Waals surface area contributed by atoms with Crippen LogP contribution in [0, 0.1) is 5.92 Å². The van der Waals surface area contributed by atoms with E-state index < -0.39 is 24.0 Å². The Morgan fingerprint density at radius 1 is 1.10 bits per heavy atom. The van der Waals surface area contributed by atoms with Gasteiger partial charge in [-0.15, -0.1) is 0 Å². The zero-order valence-corrected chi connectivity index (χ0v) is 16.5. The molecule has 160 valence electrons. The third-order valence-corrected chi connectivity index (χ3v) is 5.81. The van der Waals surface area contributed by atoms with Gasteiger partial charge in [-0.3, -0.25) is 9.59 Å². The quantitative estimate of drug-likeness (QED) is 0.377. The largest absolute Gasteiger partial charge is 0.397 e. The number of nitrogen functional groups attached to an aromatic ring is 1. The Morgan fingerprint density at radius 2 is 1.79 bits per heavy atom. The molecule has 29 heavy (non-hydrogen) atoms. The highest BCUT2D eigenvalue weighted by Gasteiger charge is 2.35. The van der Waals surface area contributed by atoms with Crippen molar-refractivity contribution in [3.05, 3.63) is 24.3 Å². The second-order valence-corrected chi connectivity index (χ2v) is 7.96. The Bertz CT molecular complexity index is 723. The fourth-order valence-corrected chi connectivity index (χ4v) is 3.96. The SMILES string of the molecule is Nc1ccccc1N1CCC(CNC(=O)[C@H](O)[C@@H](O)C(=O)N2CC[C@H](N)C2)CC1. The molecule has 3 rings (SSSR count). The van der Waals surface area contributed by atoms with E-state index in [1.165, 1.54) is 4.90 Å². The Kier molecular flexibility index (Phi) is 6.94. The van der Waals surface area contributed by atoms with Crippen molar-refractivity contribution in [2.45, 2.75) is 37.5 Å². The number of carbonyl (C=O) groups is 2. The Hall–Kier alpha value is -2.36. The molecule has 2 aliphatic heterocycles. The van der Waals surface area contributed by atoms with Gasteiger partial charge in [-0.2, -0.15) is 0 Å². The fraction of sp³-hybridized carbons (Fsp3) is 0.600. The number of rotatable bonds is 6. The van der Waals surface area contributed by atoms with Gasteiger partial charge in [0.2, 0.25) is 0 Å². The molecule has 0 saturated carbocycles. The Balaban J connectivity index is 1.42. The van der Waals surface area contributed by atoms with Gasteiger partial charge in [0.15, 0.2) is 12.2 Å². The van der Waals surface area contributed by atoms with E-state index in [1.54, 1.807) is 0 Å².